The molecule has 5 heteroatoms. The number of ether oxygens (including phenoxy) is 1. The molecule has 0 radical (unpaired) electrons. The Morgan fingerprint density at radius 1 is 1.53 bits per heavy atom. The molecule has 1 atom stereocenters. The van der Waals surface area contributed by atoms with E-state index < -0.39 is 5.67 Å². The zero-order chi connectivity index (χ0) is 12.7. The minimum absolute atomic E-state index is 0.130. The number of aryl methyl sites for hydroxylation is 2. The van der Waals surface area contributed by atoms with E-state index in [2.05, 4.69) is 5.10 Å². The van der Waals surface area contributed by atoms with Gasteiger partial charge in [0.1, 0.15) is 5.67 Å². The lowest BCUT2D eigenvalue weighted by molar-refractivity contribution is 0.0266. The predicted octanol–water partition coefficient (Wildman–Crippen LogP) is 1.45. The van der Waals surface area contributed by atoms with E-state index in [-0.39, 0.29) is 6.61 Å². The number of halogens is 1. The second-order valence-corrected chi connectivity index (χ2v) is 4.42. The summed E-state index contributed by atoms with van der Waals surface area (Å²) in [7, 11) is 3.40. The lowest BCUT2D eigenvalue weighted by Crippen LogP contribution is -2.30. The van der Waals surface area contributed by atoms with Crippen molar-refractivity contribution in [3.8, 4) is 0 Å². The summed E-state index contributed by atoms with van der Waals surface area (Å²) >= 11 is 0. The van der Waals surface area contributed by atoms with Crippen LogP contribution in [0.3, 0.4) is 0 Å². The lowest BCUT2D eigenvalue weighted by Gasteiger charge is -2.24. The quantitative estimate of drug-likeness (QED) is 0.751. The van der Waals surface area contributed by atoms with E-state index in [4.69, 9.17) is 10.5 Å². The Labute approximate surface area is 102 Å². The molecular weight excluding hydrogens is 221 g/mol. The molecule has 0 spiro atoms. The van der Waals surface area contributed by atoms with Gasteiger partial charge in [-0.1, -0.05) is 0 Å². The molecule has 0 aliphatic heterocycles. The molecule has 0 saturated carbocycles. The Hall–Kier alpha value is -0.940. The molecule has 1 aromatic heterocycles. The summed E-state index contributed by atoms with van der Waals surface area (Å²) in [5.41, 5.74) is 5.18. The van der Waals surface area contributed by atoms with Crippen molar-refractivity contribution in [3.63, 3.8) is 0 Å². The zero-order valence-corrected chi connectivity index (χ0v) is 10.7. The molecule has 1 heterocycles. The van der Waals surface area contributed by atoms with Crippen LogP contribution in [0.1, 0.15) is 25.0 Å². The number of alkyl halides is 1. The number of nitrogens with zero attached hydrogens (tertiary/aromatic N) is 2. The van der Waals surface area contributed by atoms with Crippen molar-refractivity contribution < 1.29 is 9.13 Å². The molecule has 0 bridgehead atoms. The van der Waals surface area contributed by atoms with Gasteiger partial charge in [-0.2, -0.15) is 5.10 Å². The van der Waals surface area contributed by atoms with Crippen LogP contribution in [0.2, 0.25) is 0 Å². The maximum Gasteiger partial charge on any atom is 0.134 e. The monoisotopic (exact) mass is 243 g/mol. The molecular formula is C12H22FN3O. The molecule has 0 amide bonds. The highest BCUT2D eigenvalue weighted by atomic mass is 19.1. The van der Waals surface area contributed by atoms with Crippen molar-refractivity contribution >= 4 is 0 Å². The Bertz CT molecular complexity index is 329. The fourth-order valence-electron chi connectivity index (χ4n) is 1.95. The first kappa shape index (κ1) is 14.1. The summed E-state index contributed by atoms with van der Waals surface area (Å²) in [6.07, 6.45) is 3.98. The highest BCUT2D eigenvalue weighted by Crippen LogP contribution is 2.25. The van der Waals surface area contributed by atoms with Gasteiger partial charge in [-0.3, -0.25) is 4.68 Å². The van der Waals surface area contributed by atoms with E-state index in [1.807, 2.05) is 13.1 Å². The van der Waals surface area contributed by atoms with Crippen LogP contribution in [-0.2, 0) is 18.2 Å². The lowest BCUT2D eigenvalue weighted by atomic mass is 9.94. The van der Waals surface area contributed by atoms with Gasteiger partial charge in [-0.15, -0.1) is 0 Å². The van der Waals surface area contributed by atoms with Crippen molar-refractivity contribution in [3.05, 3.63) is 18.0 Å². The van der Waals surface area contributed by atoms with Crippen molar-refractivity contribution in [2.24, 2.45) is 12.8 Å². The Kier molecular flexibility index (Phi) is 5.58. The predicted molar refractivity (Wildman–Crippen MR) is 65.5 cm³/mol. The molecule has 1 unspecified atom stereocenters. The molecule has 0 aliphatic rings. The Morgan fingerprint density at radius 3 is 2.82 bits per heavy atom. The van der Waals surface area contributed by atoms with Crippen molar-refractivity contribution in [2.75, 3.05) is 20.3 Å². The summed E-state index contributed by atoms with van der Waals surface area (Å²) in [6, 6.07) is 1.91. The average molecular weight is 243 g/mol. The second-order valence-electron chi connectivity index (χ2n) is 4.42. The van der Waals surface area contributed by atoms with Crippen LogP contribution in [-0.4, -0.2) is 35.7 Å². The number of hydrogen-bond acceptors (Lipinski definition) is 3. The first-order valence-corrected chi connectivity index (χ1v) is 5.96. The first-order chi connectivity index (χ1) is 8.11. The largest absolute Gasteiger partial charge is 0.381 e. The summed E-state index contributed by atoms with van der Waals surface area (Å²) < 4.78 is 21.2. The van der Waals surface area contributed by atoms with Crippen LogP contribution in [0, 0.1) is 0 Å². The number of hydrogen-bond donors (Lipinski definition) is 1. The van der Waals surface area contributed by atoms with Crippen LogP contribution in [0.25, 0.3) is 0 Å². The van der Waals surface area contributed by atoms with Gasteiger partial charge >= 0.3 is 0 Å². The highest BCUT2D eigenvalue weighted by molar-refractivity contribution is 5.01. The third kappa shape index (κ3) is 4.44. The first-order valence-electron chi connectivity index (χ1n) is 5.96. The number of nitrogens with two attached hydrogens (primary N) is 1. The summed E-state index contributed by atoms with van der Waals surface area (Å²) in [4.78, 5) is 0. The third-order valence-corrected chi connectivity index (χ3v) is 2.98. The van der Waals surface area contributed by atoms with E-state index in [9.17, 15) is 4.39 Å². The molecule has 0 saturated heterocycles. The topological polar surface area (TPSA) is 53.1 Å². The van der Waals surface area contributed by atoms with Crippen LogP contribution in [0.15, 0.2) is 12.3 Å². The smallest absolute Gasteiger partial charge is 0.134 e. The standard InChI is InChI=1S/C12H22FN3O/c1-16-11(5-9-15-16)4-7-12(13,10-17-2)6-3-8-14/h5,9H,3-4,6-8,10,14H2,1-2H3. The van der Waals surface area contributed by atoms with Crippen molar-refractivity contribution in [2.45, 2.75) is 31.4 Å². The number of aromatic nitrogens is 2. The average Bonchev–Trinajstić information content (AvgIpc) is 2.70. The summed E-state index contributed by atoms with van der Waals surface area (Å²) in [5.74, 6) is 0. The van der Waals surface area contributed by atoms with Gasteiger partial charge in [0.05, 0.1) is 6.61 Å². The van der Waals surface area contributed by atoms with Gasteiger partial charge in [0.25, 0.3) is 0 Å². The van der Waals surface area contributed by atoms with Gasteiger partial charge in [0.15, 0.2) is 0 Å². The van der Waals surface area contributed by atoms with E-state index in [0.717, 1.165) is 5.69 Å². The second kappa shape index (κ2) is 6.71. The molecule has 0 fully saturated rings. The Morgan fingerprint density at radius 2 is 2.29 bits per heavy atom. The summed E-state index contributed by atoms with van der Waals surface area (Å²) in [5, 5.41) is 4.07. The van der Waals surface area contributed by atoms with E-state index >= 15 is 0 Å². The van der Waals surface area contributed by atoms with Crippen LogP contribution >= 0.6 is 0 Å². The molecule has 4 nitrogen and oxygen atoms in total. The van der Waals surface area contributed by atoms with Crippen LogP contribution in [0.4, 0.5) is 4.39 Å². The molecule has 98 valence electrons. The highest BCUT2D eigenvalue weighted by Gasteiger charge is 2.29. The normalized spacial score (nSPS) is 14.8. The van der Waals surface area contributed by atoms with Gasteiger partial charge < -0.3 is 10.5 Å². The minimum Gasteiger partial charge on any atom is -0.381 e. The SMILES string of the molecule is COCC(F)(CCCN)CCc1ccnn1C. The van der Waals surface area contributed by atoms with Crippen molar-refractivity contribution in [1.82, 2.24) is 9.78 Å². The summed E-state index contributed by atoms with van der Waals surface area (Å²) in [6.45, 7) is 0.645. The molecule has 2 N–H and O–H groups in total. The fourth-order valence-corrected chi connectivity index (χ4v) is 1.95. The number of methoxy groups -OCH3 is 1. The molecule has 1 rings (SSSR count). The molecule has 0 aromatic carbocycles. The Balaban J connectivity index is 2.51. The van der Waals surface area contributed by atoms with Gasteiger partial charge in [-0.05, 0) is 38.3 Å². The van der Waals surface area contributed by atoms with Crippen LogP contribution < -0.4 is 5.73 Å². The maximum absolute atomic E-state index is 14.5. The molecule has 0 aliphatic carbocycles. The van der Waals surface area contributed by atoms with Gasteiger partial charge in [0.2, 0.25) is 0 Å². The van der Waals surface area contributed by atoms with Crippen LogP contribution in [0.5, 0.6) is 0 Å². The van der Waals surface area contributed by atoms with Gasteiger partial charge in [0, 0.05) is 26.0 Å². The molecule has 17 heavy (non-hydrogen) atoms. The minimum atomic E-state index is -1.28. The fraction of sp³-hybridized carbons (Fsp3) is 0.750. The van der Waals surface area contributed by atoms with Crippen molar-refractivity contribution in [1.29, 1.82) is 0 Å². The third-order valence-electron chi connectivity index (χ3n) is 2.98. The van der Waals surface area contributed by atoms with E-state index in [0.29, 0.717) is 32.2 Å². The van der Waals surface area contributed by atoms with E-state index in [1.54, 1.807) is 10.9 Å². The zero-order valence-electron chi connectivity index (χ0n) is 10.7. The molecule has 1 aromatic rings. The van der Waals surface area contributed by atoms with Gasteiger partial charge in [-0.25, -0.2) is 4.39 Å². The number of rotatable bonds is 8. The van der Waals surface area contributed by atoms with E-state index in [1.165, 1.54) is 7.11 Å². The maximum atomic E-state index is 14.5.